The third kappa shape index (κ3) is 4.48. The molecule has 2 amide bonds. The highest BCUT2D eigenvalue weighted by molar-refractivity contribution is 9.10. The Morgan fingerprint density at radius 1 is 1.20 bits per heavy atom. The molecule has 3 aromatic rings. The Morgan fingerprint density at radius 3 is 2.68 bits per heavy atom. The number of urea groups is 1. The second-order valence-electron chi connectivity index (χ2n) is 5.74. The minimum absolute atomic E-state index is 0.108. The molecule has 0 aliphatic carbocycles. The van der Waals surface area contributed by atoms with Gasteiger partial charge in [0.15, 0.2) is 0 Å². The van der Waals surface area contributed by atoms with E-state index in [-0.39, 0.29) is 6.03 Å². The van der Waals surface area contributed by atoms with Crippen molar-refractivity contribution in [2.75, 3.05) is 7.05 Å². The van der Waals surface area contributed by atoms with Crippen LogP contribution in [0.2, 0.25) is 0 Å². The number of aromatic nitrogens is 2. The highest BCUT2D eigenvalue weighted by atomic mass is 79.9. The molecule has 0 fully saturated rings. The van der Waals surface area contributed by atoms with Crippen molar-refractivity contribution in [1.82, 2.24) is 19.8 Å². The standard InChI is InChI=1S/C19H19BrN4O/c1-23(13-15-6-8-17(20)9-7-15)19(25)22-12-16-4-2-3-5-18(16)24-11-10-21-14-24/h2-11,14H,12-13H2,1H3,(H,22,25). The number of hydrogen-bond acceptors (Lipinski definition) is 2. The summed E-state index contributed by atoms with van der Waals surface area (Å²) in [5.74, 6) is 0. The lowest BCUT2D eigenvalue weighted by molar-refractivity contribution is 0.206. The second-order valence-corrected chi connectivity index (χ2v) is 6.66. The van der Waals surface area contributed by atoms with E-state index in [0.29, 0.717) is 13.1 Å². The Kier molecular flexibility index (Phi) is 5.50. The van der Waals surface area contributed by atoms with E-state index >= 15 is 0 Å². The molecule has 1 N–H and O–H groups in total. The van der Waals surface area contributed by atoms with Crippen LogP contribution in [-0.4, -0.2) is 27.5 Å². The zero-order valence-corrected chi connectivity index (χ0v) is 15.5. The average Bonchev–Trinajstić information content (AvgIpc) is 3.16. The molecule has 0 saturated heterocycles. The maximum Gasteiger partial charge on any atom is 0.317 e. The van der Waals surface area contributed by atoms with Gasteiger partial charge in [-0.3, -0.25) is 0 Å². The lowest BCUT2D eigenvalue weighted by Crippen LogP contribution is -2.36. The van der Waals surface area contributed by atoms with Crippen LogP contribution in [-0.2, 0) is 13.1 Å². The molecule has 0 aliphatic heterocycles. The van der Waals surface area contributed by atoms with Gasteiger partial charge in [0.05, 0.1) is 12.0 Å². The van der Waals surface area contributed by atoms with Crippen molar-refractivity contribution < 1.29 is 4.79 Å². The van der Waals surface area contributed by atoms with Crippen molar-refractivity contribution in [3.63, 3.8) is 0 Å². The van der Waals surface area contributed by atoms with Gasteiger partial charge in [-0.15, -0.1) is 0 Å². The van der Waals surface area contributed by atoms with Crippen LogP contribution in [0.25, 0.3) is 5.69 Å². The Labute approximate surface area is 155 Å². The molecular weight excluding hydrogens is 380 g/mol. The molecule has 0 aliphatic rings. The van der Waals surface area contributed by atoms with Crippen molar-refractivity contribution in [3.05, 3.63) is 82.9 Å². The third-order valence-corrected chi connectivity index (χ3v) is 4.41. The average molecular weight is 399 g/mol. The number of amides is 2. The fourth-order valence-electron chi connectivity index (χ4n) is 2.56. The molecule has 0 unspecified atom stereocenters. The van der Waals surface area contributed by atoms with Gasteiger partial charge in [0, 0.05) is 37.0 Å². The predicted molar refractivity (Wildman–Crippen MR) is 101 cm³/mol. The molecule has 6 heteroatoms. The summed E-state index contributed by atoms with van der Waals surface area (Å²) >= 11 is 3.42. The van der Waals surface area contributed by atoms with E-state index in [1.165, 1.54) is 0 Å². The summed E-state index contributed by atoms with van der Waals surface area (Å²) in [5.41, 5.74) is 3.13. The van der Waals surface area contributed by atoms with Gasteiger partial charge in [-0.2, -0.15) is 0 Å². The maximum atomic E-state index is 12.4. The zero-order chi connectivity index (χ0) is 17.6. The minimum atomic E-state index is -0.108. The van der Waals surface area contributed by atoms with E-state index in [1.807, 2.05) is 59.3 Å². The molecule has 0 bridgehead atoms. The first-order valence-corrected chi connectivity index (χ1v) is 8.72. The van der Waals surface area contributed by atoms with E-state index in [2.05, 4.69) is 26.2 Å². The fraction of sp³-hybridized carbons (Fsp3) is 0.158. The number of hydrogen-bond donors (Lipinski definition) is 1. The largest absolute Gasteiger partial charge is 0.334 e. The van der Waals surface area contributed by atoms with Crippen LogP contribution < -0.4 is 5.32 Å². The zero-order valence-electron chi connectivity index (χ0n) is 13.9. The van der Waals surface area contributed by atoms with Gasteiger partial charge < -0.3 is 14.8 Å². The summed E-state index contributed by atoms with van der Waals surface area (Å²) < 4.78 is 2.96. The number of rotatable bonds is 5. The fourth-order valence-corrected chi connectivity index (χ4v) is 2.82. The smallest absolute Gasteiger partial charge is 0.317 e. The molecule has 1 heterocycles. The van der Waals surface area contributed by atoms with Crippen LogP contribution >= 0.6 is 15.9 Å². The molecular formula is C19H19BrN4O. The SMILES string of the molecule is CN(Cc1ccc(Br)cc1)C(=O)NCc1ccccc1-n1ccnc1. The van der Waals surface area contributed by atoms with Crippen LogP contribution in [0.3, 0.4) is 0 Å². The Balaban J connectivity index is 1.62. The first-order chi connectivity index (χ1) is 12.1. The Hall–Kier alpha value is -2.60. The summed E-state index contributed by atoms with van der Waals surface area (Å²) in [5, 5.41) is 2.98. The number of imidazole rings is 1. The summed E-state index contributed by atoms with van der Waals surface area (Å²) in [6.45, 7) is 1.01. The minimum Gasteiger partial charge on any atom is -0.334 e. The van der Waals surface area contributed by atoms with Crippen LogP contribution in [0.1, 0.15) is 11.1 Å². The number of carbonyl (C=O) groups is 1. The number of carbonyl (C=O) groups excluding carboxylic acids is 1. The summed E-state index contributed by atoms with van der Waals surface area (Å²) in [6, 6.07) is 15.8. The molecule has 128 valence electrons. The first-order valence-electron chi connectivity index (χ1n) is 7.93. The van der Waals surface area contributed by atoms with Crippen LogP contribution in [0.4, 0.5) is 4.79 Å². The summed E-state index contributed by atoms with van der Waals surface area (Å²) in [7, 11) is 1.79. The summed E-state index contributed by atoms with van der Waals surface area (Å²) in [6.07, 6.45) is 5.38. The molecule has 1 aromatic heterocycles. The van der Waals surface area contributed by atoms with Gasteiger partial charge in [0.1, 0.15) is 0 Å². The highest BCUT2D eigenvalue weighted by Crippen LogP contribution is 2.14. The normalized spacial score (nSPS) is 10.5. The van der Waals surface area contributed by atoms with E-state index < -0.39 is 0 Å². The van der Waals surface area contributed by atoms with Gasteiger partial charge in [-0.1, -0.05) is 46.3 Å². The number of halogens is 1. The number of nitrogens with zero attached hydrogens (tertiary/aromatic N) is 3. The third-order valence-electron chi connectivity index (χ3n) is 3.88. The maximum absolute atomic E-state index is 12.4. The Bertz CT molecular complexity index is 831. The second kappa shape index (κ2) is 7.98. The quantitative estimate of drug-likeness (QED) is 0.706. The highest BCUT2D eigenvalue weighted by Gasteiger charge is 2.10. The van der Waals surface area contributed by atoms with Gasteiger partial charge in [0.25, 0.3) is 0 Å². The van der Waals surface area contributed by atoms with E-state index in [1.54, 1.807) is 24.5 Å². The number of benzene rings is 2. The predicted octanol–water partition coefficient (Wildman–Crippen LogP) is 3.98. The van der Waals surface area contributed by atoms with Crippen molar-refractivity contribution in [3.8, 4) is 5.69 Å². The van der Waals surface area contributed by atoms with Gasteiger partial charge in [-0.25, -0.2) is 9.78 Å². The topological polar surface area (TPSA) is 50.2 Å². The van der Waals surface area contributed by atoms with Gasteiger partial charge in [-0.05, 0) is 29.3 Å². The Morgan fingerprint density at radius 2 is 1.96 bits per heavy atom. The summed E-state index contributed by atoms with van der Waals surface area (Å²) in [4.78, 5) is 18.1. The lowest BCUT2D eigenvalue weighted by atomic mass is 10.1. The molecule has 0 saturated carbocycles. The number of para-hydroxylation sites is 1. The lowest BCUT2D eigenvalue weighted by Gasteiger charge is -2.19. The van der Waals surface area contributed by atoms with Crippen LogP contribution in [0.15, 0.2) is 71.7 Å². The molecule has 2 aromatic carbocycles. The van der Waals surface area contributed by atoms with Crippen molar-refractivity contribution in [2.24, 2.45) is 0 Å². The van der Waals surface area contributed by atoms with Crippen molar-refractivity contribution in [1.29, 1.82) is 0 Å². The molecule has 0 atom stereocenters. The van der Waals surface area contributed by atoms with E-state index in [4.69, 9.17) is 0 Å². The number of nitrogens with one attached hydrogen (secondary N) is 1. The first kappa shape index (κ1) is 17.2. The van der Waals surface area contributed by atoms with Crippen molar-refractivity contribution >= 4 is 22.0 Å². The van der Waals surface area contributed by atoms with Crippen LogP contribution in [0, 0.1) is 0 Å². The van der Waals surface area contributed by atoms with Gasteiger partial charge in [0.2, 0.25) is 0 Å². The molecule has 0 spiro atoms. The van der Waals surface area contributed by atoms with E-state index in [9.17, 15) is 4.79 Å². The molecule has 3 rings (SSSR count). The van der Waals surface area contributed by atoms with Gasteiger partial charge >= 0.3 is 6.03 Å². The monoisotopic (exact) mass is 398 g/mol. The van der Waals surface area contributed by atoms with Crippen molar-refractivity contribution in [2.45, 2.75) is 13.1 Å². The van der Waals surface area contributed by atoms with E-state index in [0.717, 1.165) is 21.3 Å². The molecule has 5 nitrogen and oxygen atoms in total. The molecule has 0 radical (unpaired) electrons. The van der Waals surface area contributed by atoms with Crippen LogP contribution in [0.5, 0.6) is 0 Å². The molecule has 25 heavy (non-hydrogen) atoms.